The molecule has 9 heteroatoms. The normalized spacial score (nSPS) is 18.3. The van der Waals surface area contributed by atoms with Crippen molar-refractivity contribution in [1.82, 2.24) is 29.5 Å². The summed E-state index contributed by atoms with van der Waals surface area (Å²) in [6.07, 6.45) is 9.13. The molecule has 0 atom stereocenters. The molecule has 3 aromatic rings. The van der Waals surface area contributed by atoms with Gasteiger partial charge in [0.25, 0.3) is 0 Å². The minimum Gasteiger partial charge on any atom is -0.485 e. The van der Waals surface area contributed by atoms with E-state index in [1.165, 1.54) is 6.08 Å². The predicted octanol–water partition coefficient (Wildman–Crippen LogP) is 3.40. The second-order valence-corrected chi connectivity index (χ2v) is 9.92. The third-order valence-corrected chi connectivity index (χ3v) is 7.64. The van der Waals surface area contributed by atoms with Gasteiger partial charge in [-0.3, -0.25) is 19.4 Å². The molecule has 186 valence electrons. The lowest BCUT2D eigenvalue weighted by Gasteiger charge is -2.47. The van der Waals surface area contributed by atoms with Gasteiger partial charge in [-0.25, -0.2) is 4.98 Å². The van der Waals surface area contributed by atoms with E-state index in [4.69, 9.17) is 9.72 Å². The van der Waals surface area contributed by atoms with Gasteiger partial charge in [0, 0.05) is 74.4 Å². The Morgan fingerprint density at radius 1 is 1.28 bits per heavy atom. The molecule has 0 aromatic carbocycles. The number of fused-ring (bicyclic) bond motifs is 2. The van der Waals surface area contributed by atoms with Gasteiger partial charge in [0.2, 0.25) is 5.91 Å². The van der Waals surface area contributed by atoms with Crippen LogP contribution in [-0.2, 0) is 18.4 Å². The number of likely N-dealkylation sites (tertiary alicyclic amines) is 2. The Morgan fingerprint density at radius 2 is 2.08 bits per heavy atom. The van der Waals surface area contributed by atoms with Crippen molar-refractivity contribution in [3.63, 3.8) is 0 Å². The first kappa shape index (κ1) is 22.7. The highest BCUT2D eigenvalue weighted by Gasteiger charge is 2.36. The van der Waals surface area contributed by atoms with E-state index >= 15 is 0 Å². The zero-order chi connectivity index (χ0) is 24.8. The van der Waals surface area contributed by atoms with Crippen molar-refractivity contribution >= 4 is 17.4 Å². The Bertz CT molecular complexity index is 1320. The third kappa shape index (κ3) is 4.03. The summed E-state index contributed by atoms with van der Waals surface area (Å²) in [7, 11) is 1.92. The van der Waals surface area contributed by atoms with Crippen LogP contribution in [0.15, 0.2) is 43.4 Å². The third-order valence-electron chi connectivity index (χ3n) is 7.64. The molecule has 6 heterocycles. The molecule has 1 N–H and O–H groups in total. The van der Waals surface area contributed by atoms with Crippen LogP contribution < -0.4 is 10.1 Å². The summed E-state index contributed by atoms with van der Waals surface area (Å²) in [5, 5.41) is 7.86. The Hall–Kier alpha value is -3.72. The van der Waals surface area contributed by atoms with E-state index in [1.54, 1.807) is 4.68 Å². The number of carbonyl (C=O) groups excluding carboxylic acids is 1. The summed E-state index contributed by atoms with van der Waals surface area (Å²) in [6, 6.07) is 4.66. The number of piperidine rings is 1. The highest BCUT2D eigenvalue weighted by molar-refractivity contribution is 5.87. The number of ether oxygens (including phenoxy) is 1. The van der Waals surface area contributed by atoms with Crippen molar-refractivity contribution in [3.05, 3.63) is 60.3 Å². The molecule has 0 radical (unpaired) electrons. The van der Waals surface area contributed by atoms with Gasteiger partial charge in [-0.2, -0.15) is 5.10 Å². The largest absolute Gasteiger partial charge is 0.485 e. The van der Waals surface area contributed by atoms with Crippen molar-refractivity contribution in [2.24, 2.45) is 7.05 Å². The molecular formula is C27H31N7O2. The molecule has 0 aliphatic carbocycles. The second-order valence-electron chi connectivity index (χ2n) is 9.92. The van der Waals surface area contributed by atoms with Crippen molar-refractivity contribution < 1.29 is 9.53 Å². The van der Waals surface area contributed by atoms with E-state index in [-0.39, 0.29) is 5.91 Å². The van der Waals surface area contributed by atoms with E-state index in [2.05, 4.69) is 32.9 Å². The summed E-state index contributed by atoms with van der Waals surface area (Å²) in [4.78, 5) is 25.9. The van der Waals surface area contributed by atoms with E-state index in [0.717, 1.165) is 84.4 Å². The van der Waals surface area contributed by atoms with Gasteiger partial charge in [0.05, 0.1) is 17.6 Å². The fraction of sp³-hybridized carbons (Fsp3) is 0.407. The molecule has 0 unspecified atom stereocenters. The molecule has 6 rings (SSSR count). The number of hydrogen-bond acceptors (Lipinski definition) is 7. The first-order chi connectivity index (χ1) is 17.5. The lowest BCUT2D eigenvalue weighted by atomic mass is 9.90. The van der Waals surface area contributed by atoms with E-state index in [9.17, 15) is 4.79 Å². The number of aryl methyl sites for hydroxylation is 2. The summed E-state index contributed by atoms with van der Waals surface area (Å²) in [5.41, 5.74) is 6.01. The molecule has 0 saturated carbocycles. The van der Waals surface area contributed by atoms with Crippen LogP contribution in [0.3, 0.4) is 0 Å². The zero-order valence-electron chi connectivity index (χ0n) is 20.8. The van der Waals surface area contributed by atoms with Crippen molar-refractivity contribution in [2.45, 2.75) is 38.3 Å². The average Bonchev–Trinajstić information content (AvgIpc) is 3.19. The van der Waals surface area contributed by atoms with E-state index < -0.39 is 0 Å². The predicted molar refractivity (Wildman–Crippen MR) is 137 cm³/mol. The van der Waals surface area contributed by atoms with Crippen molar-refractivity contribution in [1.29, 1.82) is 0 Å². The topological polar surface area (TPSA) is 88.4 Å². The lowest BCUT2D eigenvalue weighted by molar-refractivity contribution is -0.127. The van der Waals surface area contributed by atoms with Gasteiger partial charge in [0.15, 0.2) is 5.75 Å². The summed E-state index contributed by atoms with van der Waals surface area (Å²) < 4.78 is 8.07. The van der Waals surface area contributed by atoms with Crippen LogP contribution in [0, 0.1) is 6.92 Å². The first-order valence-electron chi connectivity index (χ1n) is 12.5. The average molecular weight is 486 g/mol. The molecule has 2 fully saturated rings. The minimum atomic E-state index is 0.0397. The second kappa shape index (κ2) is 9.05. The number of rotatable bonds is 4. The van der Waals surface area contributed by atoms with Gasteiger partial charge in [0.1, 0.15) is 12.4 Å². The number of anilines is 2. The molecule has 3 aliphatic heterocycles. The number of carbonyl (C=O) groups is 1. The molecule has 0 spiro atoms. The van der Waals surface area contributed by atoms with Crippen molar-refractivity contribution in [2.75, 3.05) is 31.5 Å². The van der Waals surface area contributed by atoms with Gasteiger partial charge < -0.3 is 15.0 Å². The molecular weight excluding hydrogens is 454 g/mol. The molecule has 0 bridgehead atoms. The van der Waals surface area contributed by atoms with Gasteiger partial charge in [-0.15, -0.1) is 0 Å². The molecule has 1 amide bonds. The first-order valence-corrected chi connectivity index (χ1v) is 12.5. The van der Waals surface area contributed by atoms with Crippen LogP contribution in [0.25, 0.3) is 11.1 Å². The highest BCUT2D eigenvalue weighted by Crippen LogP contribution is 2.41. The molecule has 9 nitrogen and oxygen atoms in total. The quantitative estimate of drug-likeness (QED) is 0.567. The monoisotopic (exact) mass is 485 g/mol. The van der Waals surface area contributed by atoms with E-state index in [1.807, 2.05) is 43.5 Å². The van der Waals surface area contributed by atoms with Crippen LogP contribution in [-0.4, -0.2) is 67.7 Å². The summed E-state index contributed by atoms with van der Waals surface area (Å²) >= 11 is 0. The molecule has 3 aromatic heterocycles. The van der Waals surface area contributed by atoms with E-state index in [0.29, 0.717) is 18.6 Å². The Labute approximate surface area is 210 Å². The van der Waals surface area contributed by atoms with Crippen LogP contribution in [0.2, 0.25) is 0 Å². The summed E-state index contributed by atoms with van der Waals surface area (Å²) in [6.45, 7) is 9.63. The molecule has 36 heavy (non-hydrogen) atoms. The maximum Gasteiger partial charge on any atom is 0.245 e. The highest BCUT2D eigenvalue weighted by atomic mass is 16.5. The number of nitrogens with one attached hydrogen (secondary N) is 1. The molecule has 3 aliphatic rings. The Balaban J connectivity index is 1.17. The molecule has 2 saturated heterocycles. The summed E-state index contributed by atoms with van der Waals surface area (Å²) in [5.74, 6) is 2.02. The Kier molecular flexibility index (Phi) is 5.72. The maximum absolute atomic E-state index is 11.9. The van der Waals surface area contributed by atoms with Gasteiger partial charge >= 0.3 is 0 Å². The number of nitrogens with zero attached hydrogens (tertiary/aromatic N) is 6. The minimum absolute atomic E-state index is 0.0397. The maximum atomic E-state index is 11.9. The van der Waals surface area contributed by atoms with Crippen LogP contribution in [0.4, 0.5) is 11.5 Å². The number of aromatic nitrogens is 4. The zero-order valence-corrected chi connectivity index (χ0v) is 20.8. The van der Waals surface area contributed by atoms with Gasteiger partial charge in [-0.05, 0) is 43.5 Å². The number of hydrogen-bond donors (Lipinski definition) is 1. The smallest absolute Gasteiger partial charge is 0.245 e. The lowest BCUT2D eigenvalue weighted by Crippen LogP contribution is -2.54. The van der Waals surface area contributed by atoms with Crippen LogP contribution >= 0.6 is 0 Å². The van der Waals surface area contributed by atoms with Crippen LogP contribution in [0.1, 0.15) is 35.7 Å². The number of pyridine rings is 2. The van der Waals surface area contributed by atoms with Gasteiger partial charge in [-0.1, -0.05) is 6.58 Å². The standard InChI is InChI=1S/C27H31N7O2/c1-4-25(35)33-9-6-20(7-10-33)34-14-19(15-34)23-11-24-26(17(2)30-23)36-16-22-21(5-8-28-27(22)31-24)18-12-29-32(3)13-18/h4-5,8,11-13,19-20H,1,6-7,9-10,14-16H2,2-3H3,(H,28,31). The van der Waals surface area contributed by atoms with Crippen LogP contribution in [0.5, 0.6) is 5.75 Å². The SMILES string of the molecule is C=CC(=O)N1CCC(N2CC(c3cc4c(c(C)n3)OCc3c(-c5cnn(C)c5)ccnc3N4)C2)CC1. The van der Waals surface area contributed by atoms with Crippen molar-refractivity contribution in [3.8, 4) is 16.9 Å². The fourth-order valence-electron chi connectivity index (χ4n) is 5.60. The Morgan fingerprint density at radius 3 is 2.81 bits per heavy atom. The number of amides is 1. The fourth-order valence-corrected chi connectivity index (χ4v) is 5.60.